The first-order valence-corrected chi connectivity index (χ1v) is 8.37. The maximum absolute atomic E-state index is 12.8. The lowest BCUT2D eigenvalue weighted by Crippen LogP contribution is -2.41. The van der Waals surface area contributed by atoms with Crippen molar-refractivity contribution in [3.8, 4) is 0 Å². The summed E-state index contributed by atoms with van der Waals surface area (Å²) in [4.78, 5) is 26.9. The maximum Gasteiger partial charge on any atom is 0.264 e. The van der Waals surface area contributed by atoms with Crippen molar-refractivity contribution in [2.24, 2.45) is 0 Å². The summed E-state index contributed by atoms with van der Waals surface area (Å²) >= 11 is 11.9. The standard InChI is InChI=1S/C19H15Cl2NO3/c1-2-9-22-16-6-4-3-5-14(16)19(25,18(22)24)11-17(23)13-8-7-12(20)10-15(13)21/h2-8,10,25H,1,9,11H2/t19-/m0/s1. The number of anilines is 1. The molecule has 0 fully saturated rings. The van der Waals surface area contributed by atoms with Crippen LogP contribution in [0, 0.1) is 0 Å². The normalized spacial score (nSPS) is 19.0. The number of halogens is 2. The molecule has 0 aliphatic carbocycles. The van der Waals surface area contributed by atoms with Crippen LogP contribution < -0.4 is 4.90 Å². The second-order valence-electron chi connectivity index (χ2n) is 5.81. The third-order valence-electron chi connectivity index (χ3n) is 4.20. The zero-order valence-electron chi connectivity index (χ0n) is 13.2. The summed E-state index contributed by atoms with van der Waals surface area (Å²) in [7, 11) is 0. The Morgan fingerprint density at radius 3 is 2.64 bits per heavy atom. The molecule has 2 aromatic rings. The average Bonchev–Trinajstić information content (AvgIpc) is 2.77. The van der Waals surface area contributed by atoms with Gasteiger partial charge in [-0.1, -0.05) is 47.5 Å². The van der Waals surface area contributed by atoms with E-state index in [0.717, 1.165) is 0 Å². The predicted molar refractivity (Wildman–Crippen MR) is 98.3 cm³/mol. The number of ketones is 1. The Morgan fingerprint density at radius 1 is 1.24 bits per heavy atom. The minimum atomic E-state index is -1.93. The number of fused-ring (bicyclic) bond motifs is 1. The number of aliphatic hydroxyl groups is 1. The molecule has 128 valence electrons. The largest absolute Gasteiger partial charge is 0.375 e. The second kappa shape index (κ2) is 6.64. The van der Waals surface area contributed by atoms with Gasteiger partial charge in [0, 0.05) is 22.7 Å². The van der Waals surface area contributed by atoms with Crippen molar-refractivity contribution in [3.63, 3.8) is 0 Å². The van der Waals surface area contributed by atoms with Gasteiger partial charge in [0.2, 0.25) is 0 Å². The summed E-state index contributed by atoms with van der Waals surface area (Å²) in [5, 5.41) is 11.7. The van der Waals surface area contributed by atoms with Gasteiger partial charge in [0.15, 0.2) is 11.4 Å². The number of carbonyl (C=O) groups is 2. The first-order valence-electron chi connectivity index (χ1n) is 7.61. The molecular weight excluding hydrogens is 361 g/mol. The number of nitrogens with zero attached hydrogens (tertiary/aromatic N) is 1. The minimum absolute atomic E-state index is 0.183. The lowest BCUT2D eigenvalue weighted by molar-refractivity contribution is -0.135. The molecule has 0 bridgehead atoms. The third-order valence-corrected chi connectivity index (χ3v) is 4.75. The molecule has 0 radical (unpaired) electrons. The van der Waals surface area contributed by atoms with Gasteiger partial charge in [0.1, 0.15) is 0 Å². The number of rotatable bonds is 5. The van der Waals surface area contributed by atoms with E-state index in [2.05, 4.69) is 6.58 Å². The quantitative estimate of drug-likeness (QED) is 0.634. The van der Waals surface area contributed by atoms with Gasteiger partial charge >= 0.3 is 0 Å². The highest BCUT2D eigenvalue weighted by atomic mass is 35.5. The molecule has 2 aromatic carbocycles. The van der Waals surface area contributed by atoms with E-state index >= 15 is 0 Å². The molecule has 1 aliphatic rings. The molecule has 0 spiro atoms. The van der Waals surface area contributed by atoms with Crippen molar-refractivity contribution in [2.75, 3.05) is 11.4 Å². The zero-order valence-corrected chi connectivity index (χ0v) is 14.7. The van der Waals surface area contributed by atoms with Crippen LogP contribution in [-0.2, 0) is 10.4 Å². The molecule has 1 atom stereocenters. The minimum Gasteiger partial charge on any atom is -0.375 e. The van der Waals surface area contributed by atoms with Crippen molar-refractivity contribution in [3.05, 3.63) is 76.3 Å². The Morgan fingerprint density at radius 2 is 1.96 bits per heavy atom. The van der Waals surface area contributed by atoms with Gasteiger partial charge in [-0.2, -0.15) is 0 Å². The van der Waals surface area contributed by atoms with Crippen molar-refractivity contribution >= 4 is 40.6 Å². The van der Waals surface area contributed by atoms with Crippen molar-refractivity contribution in [1.82, 2.24) is 0 Å². The summed E-state index contributed by atoms with van der Waals surface area (Å²) < 4.78 is 0. The van der Waals surface area contributed by atoms with E-state index in [1.165, 1.54) is 17.0 Å². The van der Waals surface area contributed by atoms with Crippen LogP contribution >= 0.6 is 23.2 Å². The lowest BCUT2D eigenvalue weighted by Gasteiger charge is -2.22. The topological polar surface area (TPSA) is 57.6 Å². The highest BCUT2D eigenvalue weighted by Crippen LogP contribution is 2.43. The van der Waals surface area contributed by atoms with Crippen molar-refractivity contribution < 1.29 is 14.7 Å². The van der Waals surface area contributed by atoms with Crippen LogP contribution in [0.25, 0.3) is 0 Å². The van der Waals surface area contributed by atoms with E-state index in [-0.39, 0.29) is 17.1 Å². The molecule has 0 saturated heterocycles. The van der Waals surface area contributed by atoms with Crippen LogP contribution in [0.2, 0.25) is 10.0 Å². The number of para-hydroxylation sites is 1. The number of hydrogen-bond acceptors (Lipinski definition) is 3. The van der Waals surface area contributed by atoms with Crippen LogP contribution in [-0.4, -0.2) is 23.3 Å². The molecule has 1 amide bonds. The fraction of sp³-hybridized carbons (Fsp3) is 0.158. The number of hydrogen-bond donors (Lipinski definition) is 1. The molecular formula is C19H15Cl2NO3. The van der Waals surface area contributed by atoms with E-state index in [9.17, 15) is 14.7 Å². The number of Topliss-reactive ketones (excluding diaryl/α,β-unsaturated/α-hetero) is 1. The Bertz CT molecular complexity index is 881. The molecule has 1 heterocycles. The average molecular weight is 376 g/mol. The van der Waals surface area contributed by atoms with E-state index in [1.54, 1.807) is 36.4 Å². The van der Waals surface area contributed by atoms with E-state index in [4.69, 9.17) is 23.2 Å². The Hall–Kier alpha value is -2.14. The summed E-state index contributed by atoms with van der Waals surface area (Å²) in [5.74, 6) is -0.986. The Labute approximate surface area is 155 Å². The number of benzene rings is 2. The summed E-state index contributed by atoms with van der Waals surface area (Å²) in [6, 6.07) is 11.3. The van der Waals surface area contributed by atoms with Crippen LogP contribution in [0.15, 0.2) is 55.1 Å². The molecule has 0 aromatic heterocycles. The van der Waals surface area contributed by atoms with Gasteiger partial charge in [0.25, 0.3) is 5.91 Å². The lowest BCUT2D eigenvalue weighted by atomic mass is 9.88. The molecule has 1 N–H and O–H groups in total. The van der Waals surface area contributed by atoms with Crippen LogP contribution in [0.1, 0.15) is 22.3 Å². The molecule has 0 unspecified atom stereocenters. The SMILES string of the molecule is C=CCN1C(=O)[C@](O)(CC(=O)c2ccc(Cl)cc2Cl)c2ccccc21. The molecule has 6 heteroatoms. The molecule has 25 heavy (non-hydrogen) atoms. The Balaban J connectivity index is 1.99. The summed E-state index contributed by atoms with van der Waals surface area (Å²) in [6.07, 6.45) is 1.16. The monoisotopic (exact) mass is 375 g/mol. The highest BCUT2D eigenvalue weighted by Gasteiger charge is 2.50. The fourth-order valence-electron chi connectivity index (χ4n) is 3.03. The predicted octanol–water partition coefficient (Wildman–Crippen LogP) is 3.99. The van der Waals surface area contributed by atoms with Crippen molar-refractivity contribution in [1.29, 1.82) is 0 Å². The van der Waals surface area contributed by atoms with E-state index in [1.807, 2.05) is 0 Å². The van der Waals surface area contributed by atoms with Crippen molar-refractivity contribution in [2.45, 2.75) is 12.0 Å². The van der Waals surface area contributed by atoms with Gasteiger partial charge in [-0.15, -0.1) is 6.58 Å². The van der Waals surface area contributed by atoms with Crippen LogP contribution in [0.4, 0.5) is 5.69 Å². The van der Waals surface area contributed by atoms with Gasteiger partial charge in [-0.3, -0.25) is 9.59 Å². The molecule has 0 saturated carbocycles. The maximum atomic E-state index is 12.8. The van der Waals surface area contributed by atoms with Gasteiger partial charge in [0.05, 0.1) is 17.1 Å². The fourth-order valence-corrected chi connectivity index (χ4v) is 3.54. The molecule has 4 nitrogen and oxygen atoms in total. The zero-order chi connectivity index (χ0) is 18.2. The number of amides is 1. The van der Waals surface area contributed by atoms with Gasteiger partial charge in [-0.05, 0) is 24.3 Å². The summed E-state index contributed by atoms with van der Waals surface area (Å²) in [6.45, 7) is 3.88. The van der Waals surface area contributed by atoms with Gasteiger partial charge in [-0.25, -0.2) is 0 Å². The van der Waals surface area contributed by atoms with E-state index in [0.29, 0.717) is 16.3 Å². The first-order chi connectivity index (χ1) is 11.9. The smallest absolute Gasteiger partial charge is 0.264 e. The highest BCUT2D eigenvalue weighted by molar-refractivity contribution is 6.37. The van der Waals surface area contributed by atoms with Crippen LogP contribution in [0.5, 0.6) is 0 Å². The second-order valence-corrected chi connectivity index (χ2v) is 6.65. The number of carbonyl (C=O) groups excluding carboxylic acids is 2. The molecule has 1 aliphatic heterocycles. The van der Waals surface area contributed by atoms with E-state index < -0.39 is 23.7 Å². The van der Waals surface area contributed by atoms with Gasteiger partial charge < -0.3 is 10.0 Å². The Kier molecular flexibility index (Phi) is 4.69. The molecule has 3 rings (SSSR count). The third kappa shape index (κ3) is 2.97. The summed E-state index contributed by atoms with van der Waals surface area (Å²) in [5.41, 5.74) is -0.739. The van der Waals surface area contributed by atoms with Crippen LogP contribution in [0.3, 0.4) is 0 Å². The first kappa shape index (κ1) is 17.7.